The van der Waals surface area contributed by atoms with E-state index in [1.165, 1.54) is 44.2 Å². The minimum Gasteiger partial charge on any atom is -0.451 e. The molecule has 0 radical (unpaired) electrons. The van der Waals surface area contributed by atoms with Gasteiger partial charge in [0.1, 0.15) is 17.9 Å². The highest BCUT2D eigenvalue weighted by molar-refractivity contribution is 5.54. The Morgan fingerprint density at radius 3 is 2.66 bits per heavy atom. The van der Waals surface area contributed by atoms with Crippen LogP contribution in [-0.2, 0) is 5.60 Å². The topological polar surface area (TPSA) is 58.5 Å². The van der Waals surface area contributed by atoms with Crippen LogP contribution in [0.2, 0.25) is 0 Å². The van der Waals surface area contributed by atoms with Gasteiger partial charge in [0, 0.05) is 18.7 Å². The van der Waals surface area contributed by atoms with Gasteiger partial charge in [-0.1, -0.05) is 26.7 Å². The Morgan fingerprint density at radius 1 is 1.17 bits per heavy atom. The molecule has 4 rings (SSSR count). The highest BCUT2D eigenvalue weighted by atomic mass is 19.1. The third-order valence-electron chi connectivity index (χ3n) is 6.89. The normalized spacial score (nSPS) is 18.6. The van der Waals surface area contributed by atoms with Gasteiger partial charge in [0.25, 0.3) is 0 Å². The van der Waals surface area contributed by atoms with Gasteiger partial charge in [-0.05, 0) is 55.7 Å². The van der Waals surface area contributed by atoms with Crippen molar-refractivity contribution in [3.63, 3.8) is 0 Å². The Bertz CT molecular complexity index is 863. The smallest absolute Gasteiger partial charge is 0.188 e. The summed E-state index contributed by atoms with van der Waals surface area (Å²) >= 11 is 0. The van der Waals surface area contributed by atoms with E-state index in [2.05, 4.69) is 14.9 Å². The van der Waals surface area contributed by atoms with Crippen molar-refractivity contribution in [2.24, 2.45) is 5.41 Å². The minimum atomic E-state index is -1.14. The van der Waals surface area contributed by atoms with Gasteiger partial charge in [0.15, 0.2) is 11.6 Å². The third-order valence-corrected chi connectivity index (χ3v) is 6.89. The first-order valence-corrected chi connectivity index (χ1v) is 10.7. The molecule has 5 nitrogen and oxygen atoms in total. The zero-order chi connectivity index (χ0) is 20.5. The molecule has 156 valence electrons. The molecule has 1 saturated heterocycles. The lowest BCUT2D eigenvalue weighted by molar-refractivity contribution is 0.0262. The second kappa shape index (κ2) is 7.90. The van der Waals surface area contributed by atoms with Crippen LogP contribution in [0.25, 0.3) is 0 Å². The predicted octanol–water partition coefficient (Wildman–Crippen LogP) is 5.19. The fraction of sp³-hybridized carbons (Fsp3) is 0.565. The van der Waals surface area contributed by atoms with E-state index < -0.39 is 5.60 Å². The van der Waals surface area contributed by atoms with Gasteiger partial charge in [-0.25, -0.2) is 14.4 Å². The van der Waals surface area contributed by atoms with Crippen LogP contribution in [-0.4, -0.2) is 28.2 Å². The summed E-state index contributed by atoms with van der Waals surface area (Å²) in [5.41, 5.74) is -0.270. The number of aliphatic hydroxyl groups is 1. The zero-order valence-electron chi connectivity index (χ0n) is 17.3. The minimum absolute atomic E-state index is 0.389. The van der Waals surface area contributed by atoms with Crippen molar-refractivity contribution in [1.82, 2.24) is 9.97 Å². The van der Waals surface area contributed by atoms with E-state index in [1.54, 1.807) is 18.6 Å². The lowest BCUT2D eigenvalue weighted by Crippen LogP contribution is -2.26. The summed E-state index contributed by atoms with van der Waals surface area (Å²) in [5, 5.41) is 11.0. The van der Waals surface area contributed by atoms with E-state index in [9.17, 15) is 9.50 Å². The highest BCUT2D eigenvalue weighted by Gasteiger charge is 2.41. The number of rotatable bonds is 6. The average molecular weight is 400 g/mol. The molecular formula is C23H30FN3O2. The summed E-state index contributed by atoms with van der Waals surface area (Å²) in [6, 6.07) is 4.31. The van der Waals surface area contributed by atoms with Crippen molar-refractivity contribution >= 4 is 5.82 Å². The van der Waals surface area contributed by atoms with Crippen LogP contribution in [0.4, 0.5) is 10.2 Å². The first-order chi connectivity index (χ1) is 14.0. The second-order valence-electron chi connectivity index (χ2n) is 8.57. The highest BCUT2D eigenvalue weighted by Crippen LogP contribution is 2.47. The molecule has 2 fully saturated rings. The molecule has 1 aliphatic carbocycles. The predicted molar refractivity (Wildman–Crippen MR) is 111 cm³/mol. The molecule has 0 amide bonds. The maximum absolute atomic E-state index is 14.0. The fourth-order valence-electron chi connectivity index (χ4n) is 4.97. The molecule has 0 atom stereocenters. The number of benzene rings is 1. The molecule has 29 heavy (non-hydrogen) atoms. The number of ether oxygens (including phenoxy) is 1. The van der Waals surface area contributed by atoms with E-state index >= 15 is 0 Å². The van der Waals surface area contributed by atoms with Crippen LogP contribution < -0.4 is 9.64 Å². The molecule has 0 bridgehead atoms. The SMILES string of the molecule is CCC(O)(CC)c1cc(F)ccc1Oc1cncnc1N1CCC2(CCCC2)C1. The van der Waals surface area contributed by atoms with Crippen molar-refractivity contribution in [3.8, 4) is 11.5 Å². The first-order valence-electron chi connectivity index (χ1n) is 10.7. The van der Waals surface area contributed by atoms with Crippen LogP contribution >= 0.6 is 0 Å². The van der Waals surface area contributed by atoms with E-state index in [-0.39, 0.29) is 5.82 Å². The zero-order valence-corrected chi connectivity index (χ0v) is 17.3. The third kappa shape index (κ3) is 3.82. The number of hydrogen-bond donors (Lipinski definition) is 1. The number of hydrogen-bond acceptors (Lipinski definition) is 5. The molecule has 1 spiro atoms. The first kappa shape index (κ1) is 20.1. The molecule has 1 N–H and O–H groups in total. The average Bonchev–Trinajstić information content (AvgIpc) is 3.39. The van der Waals surface area contributed by atoms with Crippen molar-refractivity contribution < 1.29 is 14.2 Å². The number of anilines is 1. The fourth-order valence-corrected chi connectivity index (χ4v) is 4.97. The van der Waals surface area contributed by atoms with Crippen molar-refractivity contribution in [3.05, 3.63) is 42.1 Å². The molecule has 1 saturated carbocycles. The van der Waals surface area contributed by atoms with Gasteiger partial charge in [-0.3, -0.25) is 0 Å². The molecule has 0 unspecified atom stereocenters. The molecule has 1 aromatic carbocycles. The van der Waals surface area contributed by atoms with Crippen LogP contribution in [0, 0.1) is 11.2 Å². The Labute approximate surface area is 171 Å². The van der Waals surface area contributed by atoms with Gasteiger partial charge in [0.2, 0.25) is 0 Å². The van der Waals surface area contributed by atoms with E-state index in [0.29, 0.717) is 35.3 Å². The van der Waals surface area contributed by atoms with Crippen LogP contribution in [0.5, 0.6) is 11.5 Å². The number of nitrogens with zero attached hydrogens (tertiary/aromatic N) is 3. The van der Waals surface area contributed by atoms with Crippen molar-refractivity contribution in [2.75, 3.05) is 18.0 Å². The summed E-state index contributed by atoms with van der Waals surface area (Å²) in [4.78, 5) is 11.0. The van der Waals surface area contributed by atoms with E-state index in [0.717, 1.165) is 18.9 Å². The maximum Gasteiger partial charge on any atom is 0.188 e. The van der Waals surface area contributed by atoms with Gasteiger partial charge in [-0.2, -0.15) is 0 Å². The Morgan fingerprint density at radius 2 is 1.93 bits per heavy atom. The molecule has 1 aromatic heterocycles. The van der Waals surface area contributed by atoms with Crippen LogP contribution in [0.3, 0.4) is 0 Å². The lowest BCUT2D eigenvalue weighted by atomic mass is 9.86. The maximum atomic E-state index is 14.0. The summed E-state index contributed by atoms with van der Waals surface area (Å²) in [5.74, 6) is 1.38. The van der Waals surface area contributed by atoms with Crippen LogP contribution in [0.15, 0.2) is 30.7 Å². The number of aromatic nitrogens is 2. The van der Waals surface area contributed by atoms with Crippen molar-refractivity contribution in [1.29, 1.82) is 0 Å². The van der Waals surface area contributed by atoms with Gasteiger partial charge < -0.3 is 14.7 Å². The summed E-state index contributed by atoms with van der Waals surface area (Å²) in [7, 11) is 0. The van der Waals surface area contributed by atoms with Gasteiger partial charge in [0.05, 0.1) is 11.8 Å². The molecule has 6 heteroatoms. The Balaban J connectivity index is 1.65. The molecule has 2 heterocycles. The Kier molecular flexibility index (Phi) is 5.47. The summed E-state index contributed by atoms with van der Waals surface area (Å²) in [6.07, 6.45) is 10.5. The molecular weight excluding hydrogens is 369 g/mol. The van der Waals surface area contributed by atoms with Crippen LogP contribution in [0.1, 0.15) is 64.4 Å². The van der Waals surface area contributed by atoms with E-state index in [1.807, 2.05) is 13.8 Å². The molecule has 2 aromatic rings. The lowest BCUT2D eigenvalue weighted by Gasteiger charge is -2.29. The standard InChI is InChI=1S/C23H30FN3O2/c1-3-23(28,4-2)18-13-17(24)7-8-19(18)29-20-14-25-16-26-21(20)27-12-11-22(15-27)9-5-6-10-22/h7-8,13-14,16,28H,3-6,9-12,15H2,1-2H3. The molecule has 2 aliphatic rings. The quantitative estimate of drug-likeness (QED) is 0.725. The summed E-state index contributed by atoms with van der Waals surface area (Å²) in [6.45, 7) is 5.73. The summed E-state index contributed by atoms with van der Waals surface area (Å²) < 4.78 is 20.2. The largest absolute Gasteiger partial charge is 0.451 e. The Hall–Kier alpha value is -2.21. The van der Waals surface area contributed by atoms with Crippen molar-refractivity contribution in [2.45, 2.75) is 64.4 Å². The van der Waals surface area contributed by atoms with Gasteiger partial charge >= 0.3 is 0 Å². The second-order valence-corrected chi connectivity index (χ2v) is 8.57. The monoisotopic (exact) mass is 399 g/mol. The van der Waals surface area contributed by atoms with Gasteiger partial charge in [-0.15, -0.1) is 0 Å². The molecule has 1 aliphatic heterocycles. The number of halogens is 1. The van der Waals surface area contributed by atoms with E-state index in [4.69, 9.17) is 4.74 Å².